The maximum atomic E-state index is 13.7. The zero-order valence-electron chi connectivity index (χ0n) is 20.9. The van der Waals surface area contributed by atoms with Gasteiger partial charge >= 0.3 is 0 Å². The van der Waals surface area contributed by atoms with Crippen LogP contribution >= 0.6 is 0 Å². The topological polar surface area (TPSA) is 56.8 Å². The van der Waals surface area contributed by atoms with Gasteiger partial charge in [0.1, 0.15) is 5.69 Å². The van der Waals surface area contributed by atoms with Crippen molar-refractivity contribution in [2.45, 2.75) is 57.0 Å². The molecule has 2 aliphatic heterocycles. The Morgan fingerprint density at radius 2 is 1.71 bits per heavy atom. The van der Waals surface area contributed by atoms with Crippen molar-refractivity contribution in [1.29, 1.82) is 0 Å². The van der Waals surface area contributed by atoms with Gasteiger partial charge < -0.3 is 14.7 Å². The fourth-order valence-electron chi connectivity index (χ4n) is 6.04. The smallest absolute Gasteiger partial charge is 0.272 e. The first-order valence-corrected chi connectivity index (χ1v) is 13.3. The number of amides is 2. The molecule has 2 aromatic rings. The van der Waals surface area contributed by atoms with Crippen LogP contribution in [0.25, 0.3) is 0 Å². The Balaban J connectivity index is 1.33. The molecule has 0 spiro atoms. The molecular formula is C29H38N4O2. The molecule has 1 aliphatic carbocycles. The van der Waals surface area contributed by atoms with Crippen molar-refractivity contribution < 1.29 is 9.59 Å². The second-order valence-corrected chi connectivity index (χ2v) is 10.7. The zero-order chi connectivity index (χ0) is 24.2. The van der Waals surface area contributed by atoms with E-state index < -0.39 is 0 Å². The molecule has 5 rings (SSSR count). The summed E-state index contributed by atoms with van der Waals surface area (Å²) in [5, 5.41) is 0. The van der Waals surface area contributed by atoms with Crippen molar-refractivity contribution in [2.75, 3.05) is 33.2 Å². The molecule has 1 saturated carbocycles. The number of piperidine rings is 2. The SMILES string of the molecule is CN1CCCC(C(=O)N2CCC(C(Cc3ccccc3)N(C(=O)c3ccccn3)C3CC3)CC2)C1. The summed E-state index contributed by atoms with van der Waals surface area (Å²) in [5.41, 5.74) is 1.80. The number of hydrogen-bond acceptors (Lipinski definition) is 4. The molecule has 6 nitrogen and oxygen atoms in total. The third-order valence-corrected chi connectivity index (χ3v) is 8.07. The fourth-order valence-corrected chi connectivity index (χ4v) is 6.04. The lowest BCUT2D eigenvalue weighted by atomic mass is 9.84. The molecule has 2 saturated heterocycles. The lowest BCUT2D eigenvalue weighted by Gasteiger charge is -2.43. The Morgan fingerprint density at radius 1 is 0.971 bits per heavy atom. The van der Waals surface area contributed by atoms with Gasteiger partial charge in [-0.1, -0.05) is 36.4 Å². The Labute approximate surface area is 209 Å². The number of rotatable bonds is 7. The quantitative estimate of drug-likeness (QED) is 0.611. The molecule has 2 atom stereocenters. The summed E-state index contributed by atoms with van der Waals surface area (Å²) >= 11 is 0. The van der Waals surface area contributed by atoms with Gasteiger partial charge in [0.25, 0.3) is 5.91 Å². The lowest BCUT2D eigenvalue weighted by molar-refractivity contribution is -0.139. The van der Waals surface area contributed by atoms with Crippen LogP contribution in [0, 0.1) is 11.8 Å². The minimum absolute atomic E-state index is 0.0535. The normalized spacial score (nSPS) is 22.5. The molecule has 0 bridgehead atoms. The Hall–Kier alpha value is -2.73. The van der Waals surface area contributed by atoms with Gasteiger partial charge in [0.2, 0.25) is 5.91 Å². The first-order valence-electron chi connectivity index (χ1n) is 13.3. The molecule has 3 fully saturated rings. The highest BCUT2D eigenvalue weighted by atomic mass is 16.2. The Bertz CT molecular complexity index is 986. The standard InChI is InChI=1S/C29H38N4O2/c1-31-17-7-10-24(21-31)28(34)32-18-14-23(15-19-32)27(20-22-8-3-2-4-9-22)33(25-12-13-25)29(35)26-11-5-6-16-30-26/h2-6,8-9,11,16,23-25,27H,7,10,12-15,17-21H2,1H3. The minimum Gasteiger partial charge on any atom is -0.342 e. The highest BCUT2D eigenvalue weighted by Gasteiger charge is 2.42. The third-order valence-electron chi connectivity index (χ3n) is 8.07. The molecule has 3 aliphatic rings. The number of carbonyl (C=O) groups is 2. The van der Waals surface area contributed by atoms with Crippen molar-refractivity contribution >= 4 is 11.8 Å². The van der Waals surface area contributed by atoms with E-state index in [1.54, 1.807) is 6.20 Å². The van der Waals surface area contributed by atoms with Crippen molar-refractivity contribution in [3.63, 3.8) is 0 Å². The van der Waals surface area contributed by atoms with Crippen LogP contribution in [-0.4, -0.2) is 76.8 Å². The molecule has 2 unspecified atom stereocenters. The molecule has 0 radical (unpaired) electrons. The molecule has 1 aromatic heterocycles. The maximum absolute atomic E-state index is 13.7. The summed E-state index contributed by atoms with van der Waals surface area (Å²) in [6, 6.07) is 16.5. The van der Waals surface area contributed by atoms with Crippen LogP contribution in [0.3, 0.4) is 0 Å². The summed E-state index contributed by atoms with van der Waals surface area (Å²) < 4.78 is 0. The van der Waals surface area contributed by atoms with E-state index in [0.29, 0.717) is 23.6 Å². The molecule has 35 heavy (non-hydrogen) atoms. The monoisotopic (exact) mass is 474 g/mol. The van der Waals surface area contributed by atoms with Crippen LogP contribution in [0.15, 0.2) is 54.7 Å². The lowest BCUT2D eigenvalue weighted by Crippen LogP contribution is -2.52. The van der Waals surface area contributed by atoms with Crippen molar-refractivity contribution in [1.82, 2.24) is 19.7 Å². The fraction of sp³-hybridized carbons (Fsp3) is 0.552. The second kappa shape index (κ2) is 10.9. The van der Waals surface area contributed by atoms with Gasteiger partial charge in [-0.2, -0.15) is 0 Å². The molecule has 1 aromatic carbocycles. The number of likely N-dealkylation sites (tertiary alicyclic amines) is 2. The molecule has 2 amide bonds. The van der Waals surface area contributed by atoms with Crippen LogP contribution in [0.5, 0.6) is 0 Å². The van der Waals surface area contributed by atoms with Crippen LogP contribution in [-0.2, 0) is 11.2 Å². The van der Waals surface area contributed by atoms with E-state index in [2.05, 4.69) is 51.0 Å². The van der Waals surface area contributed by atoms with Gasteiger partial charge in [0.05, 0.1) is 5.92 Å². The van der Waals surface area contributed by atoms with E-state index in [1.807, 2.05) is 24.3 Å². The van der Waals surface area contributed by atoms with Crippen LogP contribution in [0.2, 0.25) is 0 Å². The summed E-state index contributed by atoms with van der Waals surface area (Å²) in [5.74, 6) is 0.900. The Morgan fingerprint density at radius 3 is 2.37 bits per heavy atom. The van der Waals surface area contributed by atoms with Crippen LogP contribution in [0.1, 0.15) is 54.6 Å². The third kappa shape index (κ3) is 5.75. The average Bonchev–Trinajstić information content (AvgIpc) is 3.74. The van der Waals surface area contributed by atoms with Crippen molar-refractivity contribution in [2.24, 2.45) is 11.8 Å². The van der Waals surface area contributed by atoms with Gasteiger partial charge in [-0.15, -0.1) is 0 Å². The van der Waals surface area contributed by atoms with Gasteiger partial charge in [0, 0.05) is 37.9 Å². The highest BCUT2D eigenvalue weighted by Crippen LogP contribution is 2.36. The number of carbonyl (C=O) groups excluding carboxylic acids is 2. The molecule has 6 heteroatoms. The summed E-state index contributed by atoms with van der Waals surface area (Å²) in [7, 11) is 2.12. The van der Waals surface area contributed by atoms with Crippen molar-refractivity contribution in [3.8, 4) is 0 Å². The Kier molecular flexibility index (Phi) is 7.47. The summed E-state index contributed by atoms with van der Waals surface area (Å²) in [6.07, 6.45) is 8.70. The number of benzene rings is 1. The van der Waals surface area contributed by atoms with E-state index in [4.69, 9.17) is 0 Å². The molecule has 186 valence electrons. The van der Waals surface area contributed by atoms with Crippen LogP contribution in [0.4, 0.5) is 0 Å². The number of aromatic nitrogens is 1. The van der Waals surface area contributed by atoms with Crippen LogP contribution < -0.4 is 0 Å². The van der Waals surface area contributed by atoms with Crippen molar-refractivity contribution in [3.05, 3.63) is 66.0 Å². The summed E-state index contributed by atoms with van der Waals surface area (Å²) in [4.78, 5) is 37.9. The second-order valence-electron chi connectivity index (χ2n) is 10.7. The van der Waals surface area contributed by atoms with Gasteiger partial charge in [-0.05, 0) is 82.2 Å². The van der Waals surface area contributed by atoms with E-state index in [1.165, 1.54) is 5.56 Å². The molecule has 3 heterocycles. The van der Waals surface area contributed by atoms with Gasteiger partial charge in [0.15, 0.2) is 0 Å². The minimum atomic E-state index is 0.0535. The van der Waals surface area contributed by atoms with E-state index in [-0.39, 0.29) is 17.9 Å². The largest absolute Gasteiger partial charge is 0.342 e. The molecule has 0 N–H and O–H groups in total. The van der Waals surface area contributed by atoms with Gasteiger partial charge in [-0.25, -0.2) is 0 Å². The predicted molar refractivity (Wildman–Crippen MR) is 137 cm³/mol. The highest BCUT2D eigenvalue weighted by molar-refractivity contribution is 5.93. The number of hydrogen-bond donors (Lipinski definition) is 0. The average molecular weight is 475 g/mol. The molecular weight excluding hydrogens is 436 g/mol. The van der Waals surface area contributed by atoms with E-state index >= 15 is 0 Å². The first-order chi connectivity index (χ1) is 17.1. The van der Waals surface area contributed by atoms with Gasteiger partial charge in [-0.3, -0.25) is 14.6 Å². The zero-order valence-corrected chi connectivity index (χ0v) is 20.9. The number of pyridine rings is 1. The predicted octanol–water partition coefficient (Wildman–Crippen LogP) is 3.88. The van der Waals surface area contributed by atoms with E-state index in [0.717, 1.165) is 71.1 Å². The van der Waals surface area contributed by atoms with E-state index in [9.17, 15) is 9.59 Å². The summed E-state index contributed by atoms with van der Waals surface area (Å²) in [6.45, 7) is 3.56. The maximum Gasteiger partial charge on any atom is 0.272 e. The number of nitrogens with zero attached hydrogens (tertiary/aromatic N) is 4. The first kappa shape index (κ1) is 24.0.